The SMILES string of the molecule is C=C(C)c1c(F)c(-c2c(F)ccc3cnn(C)c23)c(F)c2nc(CCC34CCCN3CCC4)nc(N3CCNCC3)c12.CC.CC.CC. The number of aryl methyl sites for hydroxylation is 2. The number of benzene rings is 2. The molecule has 0 saturated carbocycles. The summed E-state index contributed by atoms with van der Waals surface area (Å²) in [6.07, 6.45) is 7.74. The van der Waals surface area contributed by atoms with Crippen LogP contribution in [-0.4, -0.2) is 69.5 Å². The first kappa shape index (κ1) is 37.3. The molecule has 0 radical (unpaired) electrons. The van der Waals surface area contributed by atoms with Crippen molar-refractivity contribution in [2.24, 2.45) is 7.05 Å². The van der Waals surface area contributed by atoms with E-state index in [0.717, 1.165) is 45.4 Å². The number of hydrogen-bond donors (Lipinski definition) is 1. The van der Waals surface area contributed by atoms with Crippen molar-refractivity contribution in [3.05, 3.63) is 53.7 Å². The standard InChI is InChI=1S/C32H36F3N7.3C2H6/c1-19(2)23-26-29(28(35)25(27(23)34)24-21(33)7-6-20-18-37-40(3)30(20)24)38-22(39-31(26)41-16-12-36-13-17-41)8-11-32-9-4-14-42(32)15-5-10-32;3*1-2/h6-7,18,36H,1,4-5,8-17H2,2-3H3;3*1-2H3. The molecule has 0 aliphatic carbocycles. The summed E-state index contributed by atoms with van der Waals surface area (Å²) in [7, 11) is 1.64. The number of piperazine rings is 1. The Hall–Kier alpha value is -3.50. The first-order valence-electron chi connectivity index (χ1n) is 18.0. The van der Waals surface area contributed by atoms with Crippen molar-refractivity contribution in [3.63, 3.8) is 0 Å². The molecular formula is C38H54F3N7. The number of rotatable bonds is 6. The average molecular weight is 666 g/mol. The lowest BCUT2D eigenvalue weighted by atomic mass is 9.88. The highest BCUT2D eigenvalue weighted by atomic mass is 19.1. The van der Waals surface area contributed by atoms with Crippen LogP contribution in [0.5, 0.6) is 0 Å². The predicted molar refractivity (Wildman–Crippen MR) is 194 cm³/mol. The molecule has 2 aromatic heterocycles. The fourth-order valence-corrected chi connectivity index (χ4v) is 7.63. The van der Waals surface area contributed by atoms with Crippen molar-refractivity contribution in [1.29, 1.82) is 0 Å². The van der Waals surface area contributed by atoms with Crippen LogP contribution in [0.15, 0.2) is 24.9 Å². The fourth-order valence-electron chi connectivity index (χ4n) is 7.63. The van der Waals surface area contributed by atoms with Crippen LogP contribution in [0.25, 0.3) is 38.5 Å². The summed E-state index contributed by atoms with van der Waals surface area (Å²) >= 11 is 0. The fraction of sp³-hybridized carbons (Fsp3) is 0.553. The molecule has 7 rings (SSSR count). The molecule has 0 unspecified atom stereocenters. The Morgan fingerprint density at radius 3 is 2.17 bits per heavy atom. The van der Waals surface area contributed by atoms with E-state index in [1.165, 1.54) is 23.6 Å². The van der Waals surface area contributed by atoms with Gasteiger partial charge in [-0.1, -0.05) is 48.1 Å². The predicted octanol–water partition coefficient (Wildman–Crippen LogP) is 8.68. The van der Waals surface area contributed by atoms with Crippen LogP contribution in [0.2, 0.25) is 0 Å². The van der Waals surface area contributed by atoms with Crippen LogP contribution >= 0.6 is 0 Å². The van der Waals surface area contributed by atoms with E-state index in [0.29, 0.717) is 53.0 Å². The maximum Gasteiger partial charge on any atom is 0.160 e. The molecule has 3 aliphatic heterocycles. The van der Waals surface area contributed by atoms with Gasteiger partial charge in [0.2, 0.25) is 0 Å². The molecule has 0 bridgehead atoms. The third-order valence-electron chi connectivity index (χ3n) is 9.62. The van der Waals surface area contributed by atoms with E-state index in [-0.39, 0.29) is 22.2 Å². The van der Waals surface area contributed by atoms with Gasteiger partial charge in [-0.3, -0.25) is 9.58 Å². The Labute approximate surface area is 284 Å². The lowest BCUT2D eigenvalue weighted by molar-refractivity contribution is 0.182. The third kappa shape index (κ3) is 6.70. The molecule has 48 heavy (non-hydrogen) atoms. The van der Waals surface area contributed by atoms with E-state index < -0.39 is 23.0 Å². The van der Waals surface area contributed by atoms with Crippen molar-refractivity contribution >= 4 is 33.2 Å². The van der Waals surface area contributed by atoms with Crippen LogP contribution < -0.4 is 10.2 Å². The van der Waals surface area contributed by atoms with Crippen molar-refractivity contribution in [3.8, 4) is 11.1 Å². The molecule has 3 aliphatic rings. The quantitative estimate of drug-likeness (QED) is 0.222. The number of hydrogen-bond acceptors (Lipinski definition) is 6. The van der Waals surface area contributed by atoms with Crippen LogP contribution in [-0.2, 0) is 13.5 Å². The molecule has 1 N–H and O–H groups in total. The minimum Gasteiger partial charge on any atom is -0.353 e. The van der Waals surface area contributed by atoms with Crippen molar-refractivity contribution < 1.29 is 13.2 Å². The zero-order chi connectivity index (χ0) is 35.2. The van der Waals surface area contributed by atoms with Crippen LogP contribution in [0, 0.1) is 17.5 Å². The number of nitrogens with one attached hydrogen (secondary N) is 1. The minimum absolute atomic E-state index is 0.00806. The van der Waals surface area contributed by atoms with Crippen LogP contribution in [0.1, 0.15) is 92.0 Å². The molecule has 0 spiro atoms. The third-order valence-corrected chi connectivity index (χ3v) is 9.62. The lowest BCUT2D eigenvalue weighted by Crippen LogP contribution is -2.44. The second kappa shape index (κ2) is 16.3. The second-order valence-electron chi connectivity index (χ2n) is 12.1. The first-order valence-corrected chi connectivity index (χ1v) is 18.0. The first-order chi connectivity index (χ1) is 23.3. The number of fused-ring (bicyclic) bond motifs is 3. The lowest BCUT2D eigenvalue weighted by Gasteiger charge is -2.33. The normalized spacial score (nSPS) is 16.9. The summed E-state index contributed by atoms with van der Waals surface area (Å²) in [5, 5.41) is 8.46. The zero-order valence-electron chi connectivity index (χ0n) is 30.2. The number of nitrogens with zero attached hydrogens (tertiary/aromatic N) is 6. The molecule has 0 amide bonds. The molecule has 3 fully saturated rings. The van der Waals surface area contributed by atoms with Gasteiger partial charge in [-0.2, -0.15) is 5.10 Å². The highest BCUT2D eigenvalue weighted by molar-refractivity contribution is 6.04. The Balaban J connectivity index is 0.000000823. The number of allylic oxidation sites excluding steroid dienone is 1. The molecule has 2 aromatic carbocycles. The minimum atomic E-state index is -0.887. The van der Waals surface area contributed by atoms with Gasteiger partial charge in [-0.05, 0) is 69.8 Å². The summed E-state index contributed by atoms with van der Waals surface area (Å²) in [5.74, 6) is -1.42. The van der Waals surface area contributed by atoms with Crippen molar-refractivity contribution in [2.45, 2.75) is 92.5 Å². The number of aromatic nitrogens is 4. The van der Waals surface area contributed by atoms with E-state index in [4.69, 9.17) is 9.97 Å². The molecule has 262 valence electrons. The number of halogens is 3. The molecular weight excluding hydrogens is 611 g/mol. The zero-order valence-corrected chi connectivity index (χ0v) is 30.2. The van der Waals surface area contributed by atoms with Gasteiger partial charge in [0.15, 0.2) is 5.82 Å². The van der Waals surface area contributed by atoms with E-state index in [2.05, 4.69) is 26.8 Å². The second-order valence-corrected chi connectivity index (χ2v) is 12.1. The maximum atomic E-state index is 16.9. The Kier molecular flexibility index (Phi) is 12.6. The summed E-state index contributed by atoms with van der Waals surface area (Å²) in [6, 6.07) is 2.80. The highest BCUT2D eigenvalue weighted by Gasteiger charge is 2.43. The van der Waals surface area contributed by atoms with Gasteiger partial charge < -0.3 is 10.2 Å². The van der Waals surface area contributed by atoms with E-state index >= 15 is 13.2 Å². The van der Waals surface area contributed by atoms with Crippen molar-refractivity contribution in [1.82, 2.24) is 30.0 Å². The Morgan fingerprint density at radius 1 is 0.896 bits per heavy atom. The van der Waals surface area contributed by atoms with Crippen LogP contribution in [0.3, 0.4) is 0 Å². The van der Waals surface area contributed by atoms with E-state index in [1.54, 1.807) is 26.2 Å². The Bertz CT molecular complexity index is 1720. The highest BCUT2D eigenvalue weighted by Crippen LogP contribution is 2.45. The molecule has 0 atom stereocenters. The molecule has 3 saturated heterocycles. The summed E-state index contributed by atoms with van der Waals surface area (Å²) in [4.78, 5) is 14.5. The van der Waals surface area contributed by atoms with E-state index in [9.17, 15) is 0 Å². The smallest absolute Gasteiger partial charge is 0.160 e. The number of anilines is 1. The molecule has 5 heterocycles. The molecule has 4 aromatic rings. The largest absolute Gasteiger partial charge is 0.353 e. The van der Waals surface area contributed by atoms with Gasteiger partial charge >= 0.3 is 0 Å². The molecule has 7 nitrogen and oxygen atoms in total. The van der Waals surface area contributed by atoms with Gasteiger partial charge in [-0.25, -0.2) is 23.1 Å². The van der Waals surface area contributed by atoms with Gasteiger partial charge in [0, 0.05) is 61.7 Å². The van der Waals surface area contributed by atoms with E-state index in [1.807, 2.05) is 41.5 Å². The summed E-state index contributed by atoms with van der Waals surface area (Å²) in [5.41, 5.74) is 0.390. The molecule has 10 heteroatoms. The average Bonchev–Trinajstić information content (AvgIpc) is 3.82. The summed E-state index contributed by atoms with van der Waals surface area (Å²) in [6.45, 7) is 22.7. The van der Waals surface area contributed by atoms with Gasteiger partial charge in [-0.15, -0.1) is 0 Å². The summed E-state index contributed by atoms with van der Waals surface area (Å²) < 4.78 is 50.6. The maximum absolute atomic E-state index is 16.9. The van der Waals surface area contributed by atoms with Crippen molar-refractivity contribution in [2.75, 3.05) is 44.2 Å². The monoisotopic (exact) mass is 665 g/mol. The Morgan fingerprint density at radius 2 is 1.54 bits per heavy atom. The van der Waals surface area contributed by atoms with Gasteiger partial charge in [0.05, 0.1) is 22.7 Å². The van der Waals surface area contributed by atoms with Gasteiger partial charge in [0.25, 0.3) is 0 Å². The topological polar surface area (TPSA) is 62.1 Å². The van der Waals surface area contributed by atoms with Gasteiger partial charge in [0.1, 0.15) is 28.8 Å². The van der Waals surface area contributed by atoms with Crippen LogP contribution in [0.4, 0.5) is 19.0 Å².